The number of fused-ring (bicyclic) bond motifs is 1. The average Bonchev–Trinajstić information content (AvgIpc) is 3.19. The van der Waals surface area contributed by atoms with Crippen LogP contribution in [-0.4, -0.2) is 15.5 Å². The minimum absolute atomic E-state index is 0.108. The first kappa shape index (κ1) is 17.0. The molecule has 28 heavy (non-hydrogen) atoms. The molecule has 136 valence electrons. The van der Waals surface area contributed by atoms with Crippen LogP contribution in [0, 0.1) is 0 Å². The summed E-state index contributed by atoms with van der Waals surface area (Å²) in [7, 11) is 0. The van der Waals surface area contributed by atoms with Crippen molar-refractivity contribution in [3.63, 3.8) is 0 Å². The topological polar surface area (TPSA) is 30.2 Å². The van der Waals surface area contributed by atoms with E-state index in [1.165, 1.54) is 5.56 Å². The molecule has 0 N–H and O–H groups in total. The minimum Gasteiger partial charge on any atom is -0.239 e. The van der Waals surface area contributed by atoms with E-state index in [1.54, 1.807) is 0 Å². The zero-order valence-corrected chi connectivity index (χ0v) is 15.9. The third-order valence-corrected chi connectivity index (χ3v) is 5.33. The molecule has 1 atom stereocenters. The van der Waals surface area contributed by atoms with Crippen molar-refractivity contribution < 1.29 is 0 Å². The van der Waals surface area contributed by atoms with Crippen LogP contribution in [0.25, 0.3) is 11.3 Å². The second kappa shape index (κ2) is 7.10. The lowest BCUT2D eigenvalue weighted by molar-refractivity contribution is 0.534. The molecule has 4 aromatic rings. The van der Waals surface area contributed by atoms with Crippen LogP contribution in [0.4, 0.5) is 5.82 Å². The van der Waals surface area contributed by atoms with E-state index in [4.69, 9.17) is 21.7 Å². The van der Waals surface area contributed by atoms with E-state index in [0.29, 0.717) is 0 Å². The molecule has 0 radical (unpaired) electrons. The maximum absolute atomic E-state index is 6.07. The number of nitrogens with zero attached hydrogens (tertiary/aromatic N) is 3. The Balaban J connectivity index is 1.64. The smallest absolute Gasteiger partial charge is 0.151 e. The highest BCUT2D eigenvalue weighted by atomic mass is 35.5. The number of aromatic nitrogens is 2. The first-order valence-corrected chi connectivity index (χ1v) is 9.69. The third kappa shape index (κ3) is 3.14. The molecule has 3 nitrogen and oxygen atoms in total. The predicted octanol–water partition coefficient (Wildman–Crippen LogP) is 6.32. The van der Waals surface area contributed by atoms with Gasteiger partial charge in [-0.3, -0.25) is 0 Å². The van der Waals surface area contributed by atoms with Crippen LogP contribution in [0.5, 0.6) is 0 Å². The lowest BCUT2D eigenvalue weighted by Crippen LogP contribution is -2.21. The summed E-state index contributed by atoms with van der Waals surface area (Å²) >= 11 is 6.07. The van der Waals surface area contributed by atoms with E-state index >= 15 is 0 Å². The largest absolute Gasteiger partial charge is 0.239 e. The van der Waals surface area contributed by atoms with E-state index < -0.39 is 0 Å². The molecule has 2 heterocycles. The quantitative estimate of drug-likeness (QED) is 0.407. The van der Waals surface area contributed by atoms with E-state index in [-0.39, 0.29) is 6.04 Å². The Morgan fingerprint density at radius 2 is 1.46 bits per heavy atom. The molecule has 0 aliphatic carbocycles. The van der Waals surface area contributed by atoms with Crippen LogP contribution in [0.2, 0.25) is 5.02 Å². The molecule has 3 aromatic carbocycles. The fraction of sp³-hybridized carbons (Fsp3) is 0.0833. The zero-order valence-electron chi connectivity index (χ0n) is 15.2. The molecule has 0 saturated heterocycles. The van der Waals surface area contributed by atoms with Crippen molar-refractivity contribution in [2.75, 3.05) is 0 Å². The van der Waals surface area contributed by atoms with Gasteiger partial charge in [0, 0.05) is 23.1 Å². The maximum Gasteiger partial charge on any atom is 0.151 e. The van der Waals surface area contributed by atoms with Crippen molar-refractivity contribution in [2.45, 2.75) is 12.5 Å². The van der Waals surface area contributed by atoms with Gasteiger partial charge in [0.1, 0.15) is 0 Å². The van der Waals surface area contributed by atoms with Crippen molar-refractivity contribution in [1.29, 1.82) is 0 Å². The molecule has 1 aliphatic heterocycles. The van der Waals surface area contributed by atoms with Crippen LogP contribution in [0.15, 0.2) is 96.0 Å². The molecule has 0 saturated carbocycles. The van der Waals surface area contributed by atoms with Crippen LogP contribution in [-0.2, 0) is 0 Å². The number of hydrogen-bond donors (Lipinski definition) is 0. The first-order chi connectivity index (χ1) is 13.8. The average molecular weight is 384 g/mol. The number of benzene rings is 3. The molecule has 0 spiro atoms. The van der Waals surface area contributed by atoms with E-state index in [1.807, 2.05) is 48.5 Å². The summed E-state index contributed by atoms with van der Waals surface area (Å²) in [6, 6.07) is 30.8. The predicted molar refractivity (Wildman–Crippen MR) is 115 cm³/mol. The number of halogens is 1. The standard InChI is InChI=1S/C24H18ClN3/c25-20-13-11-18(12-14-20)21-15-23(19-9-5-2-6-10-19)28-24(26-21)16-22(27-28)17-7-3-1-4-8-17/h1-14,16,23H,15H2. The Kier molecular flexibility index (Phi) is 4.30. The highest BCUT2D eigenvalue weighted by Crippen LogP contribution is 2.36. The maximum atomic E-state index is 6.07. The normalized spacial score (nSPS) is 15.8. The molecular weight excluding hydrogens is 366 g/mol. The SMILES string of the molecule is Clc1ccc(C2=Nc3cc(-c4ccccc4)nn3C(c3ccccc3)C2)cc1. The van der Waals surface area contributed by atoms with Crippen molar-refractivity contribution in [1.82, 2.24) is 9.78 Å². The molecular formula is C24H18ClN3. The monoisotopic (exact) mass is 383 g/mol. The molecule has 0 fully saturated rings. The summed E-state index contributed by atoms with van der Waals surface area (Å²) in [6.07, 6.45) is 0.786. The van der Waals surface area contributed by atoms with Crippen molar-refractivity contribution in [2.24, 2.45) is 4.99 Å². The highest BCUT2D eigenvalue weighted by Gasteiger charge is 2.26. The number of hydrogen-bond acceptors (Lipinski definition) is 2. The fourth-order valence-electron chi connectivity index (χ4n) is 3.66. The lowest BCUT2D eigenvalue weighted by Gasteiger charge is -2.24. The Morgan fingerprint density at radius 3 is 2.18 bits per heavy atom. The van der Waals surface area contributed by atoms with Gasteiger partial charge in [0.15, 0.2) is 5.82 Å². The van der Waals surface area contributed by atoms with Gasteiger partial charge in [-0.05, 0) is 23.3 Å². The van der Waals surface area contributed by atoms with Gasteiger partial charge in [-0.1, -0.05) is 84.4 Å². The molecule has 5 rings (SSSR count). The van der Waals surface area contributed by atoms with E-state index in [9.17, 15) is 0 Å². The zero-order chi connectivity index (χ0) is 18.9. The fourth-order valence-corrected chi connectivity index (χ4v) is 3.79. The summed E-state index contributed by atoms with van der Waals surface area (Å²) in [4.78, 5) is 4.94. The van der Waals surface area contributed by atoms with Crippen molar-refractivity contribution >= 4 is 23.1 Å². The van der Waals surface area contributed by atoms with Gasteiger partial charge >= 0.3 is 0 Å². The summed E-state index contributed by atoms with van der Waals surface area (Å²) in [5.41, 5.74) is 5.42. The van der Waals surface area contributed by atoms with Crippen molar-refractivity contribution in [3.05, 3.63) is 107 Å². The summed E-state index contributed by atoms with van der Waals surface area (Å²) < 4.78 is 2.05. The van der Waals surface area contributed by atoms with Crippen LogP contribution >= 0.6 is 11.6 Å². The molecule has 1 unspecified atom stereocenters. The minimum atomic E-state index is 0.108. The molecule has 1 aromatic heterocycles. The summed E-state index contributed by atoms with van der Waals surface area (Å²) in [5.74, 6) is 0.879. The van der Waals surface area contributed by atoms with Gasteiger partial charge < -0.3 is 0 Å². The Labute approximate surface area is 168 Å². The molecule has 0 bridgehead atoms. The Hall–Kier alpha value is -3.17. The van der Waals surface area contributed by atoms with E-state index in [0.717, 1.165) is 39.8 Å². The van der Waals surface area contributed by atoms with Gasteiger partial charge in [-0.15, -0.1) is 0 Å². The second-order valence-corrected chi connectivity index (χ2v) is 7.33. The van der Waals surface area contributed by atoms with Gasteiger partial charge in [-0.25, -0.2) is 9.67 Å². The van der Waals surface area contributed by atoms with Crippen molar-refractivity contribution in [3.8, 4) is 11.3 Å². The van der Waals surface area contributed by atoms with Crippen LogP contribution in [0.1, 0.15) is 23.6 Å². The highest BCUT2D eigenvalue weighted by molar-refractivity contribution is 6.30. The van der Waals surface area contributed by atoms with Gasteiger partial charge in [0.25, 0.3) is 0 Å². The van der Waals surface area contributed by atoms with Gasteiger partial charge in [-0.2, -0.15) is 5.10 Å². The first-order valence-electron chi connectivity index (χ1n) is 9.31. The molecule has 4 heteroatoms. The van der Waals surface area contributed by atoms with Crippen LogP contribution in [0.3, 0.4) is 0 Å². The molecule has 0 amide bonds. The number of aliphatic imine (C=N–C) groups is 1. The van der Waals surface area contributed by atoms with Gasteiger partial charge in [0.05, 0.1) is 17.4 Å². The number of rotatable bonds is 3. The van der Waals surface area contributed by atoms with Gasteiger partial charge in [0.2, 0.25) is 0 Å². The third-order valence-electron chi connectivity index (χ3n) is 5.08. The van der Waals surface area contributed by atoms with Crippen LogP contribution < -0.4 is 0 Å². The Morgan fingerprint density at radius 1 is 0.786 bits per heavy atom. The Bertz CT molecular complexity index is 1130. The summed E-state index contributed by atoms with van der Waals surface area (Å²) in [5, 5.41) is 5.64. The summed E-state index contributed by atoms with van der Waals surface area (Å²) in [6.45, 7) is 0. The lowest BCUT2D eigenvalue weighted by atomic mass is 9.96. The molecule has 1 aliphatic rings. The van der Waals surface area contributed by atoms with E-state index in [2.05, 4.69) is 47.1 Å². The second-order valence-electron chi connectivity index (χ2n) is 6.89.